The van der Waals surface area contributed by atoms with Gasteiger partial charge < -0.3 is 14.1 Å². The summed E-state index contributed by atoms with van der Waals surface area (Å²) in [6, 6.07) is 0. The molecule has 3 nitrogen and oxygen atoms in total. The molecule has 2 N–H and O–H groups in total. The summed E-state index contributed by atoms with van der Waals surface area (Å²) in [4.78, 5) is 3.38. The molecule has 0 aromatic carbocycles. The highest BCUT2D eigenvalue weighted by molar-refractivity contribution is 6.81. The minimum Gasteiger partial charge on any atom is -0.395 e. The monoisotopic (exact) mass is 206 g/mol. The lowest BCUT2D eigenvalue weighted by Crippen LogP contribution is -2.59. The van der Waals surface area contributed by atoms with Crippen LogP contribution in [0.3, 0.4) is 0 Å². The second-order valence-electron chi connectivity index (χ2n) is 3.79. The maximum Gasteiger partial charge on any atom is 0.328 e. The molecule has 1 unspecified atom stereocenters. The summed E-state index contributed by atoms with van der Waals surface area (Å²) in [5.41, 5.74) is 0. The van der Waals surface area contributed by atoms with Crippen LogP contribution in [0.2, 0.25) is 19.6 Å². The molecule has 1 atom stereocenters. The highest BCUT2D eigenvalue weighted by Crippen LogP contribution is 1.94. The van der Waals surface area contributed by atoms with Gasteiger partial charge in [-0.1, -0.05) is 26.6 Å². The van der Waals surface area contributed by atoms with Gasteiger partial charge in [0.2, 0.25) is 0 Å². The van der Waals surface area contributed by atoms with Crippen LogP contribution in [-0.4, -0.2) is 30.8 Å². The Morgan fingerprint density at radius 1 is 1.25 bits per heavy atom. The first-order chi connectivity index (χ1) is 5.49. The average Bonchev–Trinajstić information content (AvgIpc) is 1.84. The normalized spacial score (nSPS) is 14.8. The van der Waals surface area contributed by atoms with Gasteiger partial charge in [-0.15, -0.1) is 0 Å². The third-order valence-electron chi connectivity index (χ3n) is 1.29. The van der Waals surface area contributed by atoms with Gasteiger partial charge in [-0.3, -0.25) is 0 Å². The van der Waals surface area contributed by atoms with E-state index in [1.165, 1.54) is 0 Å². The maximum absolute atomic E-state index is 5.61. The van der Waals surface area contributed by atoms with Crippen LogP contribution in [0.25, 0.3) is 0 Å². The van der Waals surface area contributed by atoms with E-state index in [1.54, 1.807) is 0 Å². The Balaban J connectivity index is 3.77. The van der Waals surface area contributed by atoms with Crippen molar-refractivity contribution in [2.24, 2.45) is 0 Å². The summed E-state index contributed by atoms with van der Waals surface area (Å²) in [5.74, 6) is 0. The quantitative estimate of drug-likeness (QED) is 0.630. The molecule has 0 aliphatic carbocycles. The number of hydrogen-bond acceptors (Lipinski definition) is 3. The average molecular weight is 206 g/mol. The Morgan fingerprint density at radius 2 is 1.83 bits per heavy atom. The zero-order valence-electron chi connectivity index (χ0n) is 8.90. The molecule has 0 saturated heterocycles. The van der Waals surface area contributed by atoms with E-state index in [4.69, 9.17) is 4.43 Å². The van der Waals surface area contributed by atoms with Gasteiger partial charge in [0.15, 0.2) is 0 Å². The van der Waals surface area contributed by atoms with Crippen molar-refractivity contribution < 1.29 is 4.43 Å². The van der Waals surface area contributed by atoms with Crippen LogP contribution in [0.1, 0.15) is 13.8 Å². The van der Waals surface area contributed by atoms with Crippen LogP contribution >= 0.6 is 0 Å². The van der Waals surface area contributed by atoms with E-state index in [-0.39, 0.29) is 0 Å². The standard InChI is InChI=1S/C7H22N2OSi2/c1-6-8-11(10-7-2)9-12(3,4)5/h8-9,11H,6-7H2,1-5H3. The van der Waals surface area contributed by atoms with Crippen molar-refractivity contribution in [3.05, 3.63) is 0 Å². The first-order valence-corrected chi connectivity index (χ1v) is 9.75. The summed E-state index contributed by atoms with van der Waals surface area (Å²) >= 11 is 0. The van der Waals surface area contributed by atoms with Crippen molar-refractivity contribution in [2.75, 3.05) is 13.2 Å². The molecule has 0 fully saturated rings. The SMILES string of the molecule is CCN[SiH](N[Si](C)(C)C)OCC. The minimum atomic E-state index is -1.30. The molecule has 0 spiro atoms. The fraction of sp³-hybridized carbons (Fsp3) is 1.00. The molecule has 0 radical (unpaired) electrons. The second-order valence-corrected chi connectivity index (χ2v) is 10.9. The van der Waals surface area contributed by atoms with Crippen LogP contribution in [0.15, 0.2) is 0 Å². The van der Waals surface area contributed by atoms with E-state index < -0.39 is 17.6 Å². The first-order valence-electron chi connectivity index (χ1n) is 4.62. The van der Waals surface area contributed by atoms with Gasteiger partial charge in [0.05, 0.1) is 0 Å². The lowest BCUT2D eigenvalue weighted by atomic mass is 10.8. The molecule has 0 aromatic heterocycles. The topological polar surface area (TPSA) is 33.3 Å². The summed E-state index contributed by atoms with van der Waals surface area (Å²) in [6.07, 6.45) is 0. The number of rotatable bonds is 6. The third-order valence-corrected chi connectivity index (χ3v) is 7.25. The van der Waals surface area contributed by atoms with Gasteiger partial charge in [-0.05, 0) is 13.5 Å². The first kappa shape index (κ1) is 12.3. The van der Waals surface area contributed by atoms with E-state index in [0.29, 0.717) is 0 Å². The molecular formula is C7H22N2OSi2. The predicted octanol–water partition coefficient (Wildman–Crippen LogP) is 0.774. The molecule has 74 valence electrons. The zero-order valence-corrected chi connectivity index (χ0v) is 11.1. The lowest BCUT2D eigenvalue weighted by Gasteiger charge is -2.25. The van der Waals surface area contributed by atoms with E-state index in [0.717, 1.165) is 13.2 Å². The Morgan fingerprint density at radius 3 is 2.17 bits per heavy atom. The van der Waals surface area contributed by atoms with Crippen LogP contribution in [0.5, 0.6) is 0 Å². The molecular weight excluding hydrogens is 184 g/mol. The zero-order chi connectivity index (χ0) is 9.61. The van der Waals surface area contributed by atoms with Crippen LogP contribution in [0.4, 0.5) is 0 Å². The van der Waals surface area contributed by atoms with Gasteiger partial charge in [0.1, 0.15) is 8.24 Å². The molecule has 0 aliphatic rings. The molecule has 0 heterocycles. The second kappa shape index (κ2) is 5.87. The maximum atomic E-state index is 5.61. The molecule has 0 aliphatic heterocycles. The fourth-order valence-electron chi connectivity index (χ4n) is 0.897. The highest BCUT2D eigenvalue weighted by Gasteiger charge is 2.20. The molecule has 0 saturated carbocycles. The highest BCUT2D eigenvalue weighted by atomic mass is 28.4. The summed E-state index contributed by atoms with van der Waals surface area (Å²) in [6.45, 7) is 12.8. The third kappa shape index (κ3) is 6.99. The largest absolute Gasteiger partial charge is 0.395 e. The molecule has 0 aromatic rings. The van der Waals surface area contributed by atoms with Gasteiger partial charge in [-0.25, -0.2) is 0 Å². The predicted molar refractivity (Wildman–Crippen MR) is 58.9 cm³/mol. The van der Waals surface area contributed by atoms with E-state index >= 15 is 0 Å². The minimum absolute atomic E-state index is 0.807. The van der Waals surface area contributed by atoms with Crippen molar-refractivity contribution in [1.29, 1.82) is 0 Å². The Labute approximate surface area is 78.9 Å². The van der Waals surface area contributed by atoms with Gasteiger partial charge in [0.25, 0.3) is 0 Å². The van der Waals surface area contributed by atoms with E-state index in [1.807, 2.05) is 6.92 Å². The molecule has 5 heteroatoms. The van der Waals surface area contributed by atoms with Crippen molar-refractivity contribution >= 4 is 17.6 Å². The van der Waals surface area contributed by atoms with Gasteiger partial charge >= 0.3 is 9.36 Å². The number of hydrogen-bond donors (Lipinski definition) is 2. The van der Waals surface area contributed by atoms with Crippen LogP contribution in [-0.2, 0) is 4.43 Å². The van der Waals surface area contributed by atoms with Gasteiger partial charge in [0, 0.05) is 6.61 Å². The Kier molecular flexibility index (Phi) is 6.03. The molecule has 0 amide bonds. The summed E-state index contributed by atoms with van der Waals surface area (Å²) in [7, 11) is -2.47. The number of nitrogens with one attached hydrogen (secondary N) is 2. The molecule has 12 heavy (non-hydrogen) atoms. The molecule has 0 rings (SSSR count). The Bertz CT molecular complexity index is 110. The van der Waals surface area contributed by atoms with Crippen molar-refractivity contribution in [3.8, 4) is 0 Å². The molecule has 0 bridgehead atoms. The summed E-state index contributed by atoms with van der Waals surface area (Å²) < 4.78 is 9.21. The smallest absolute Gasteiger partial charge is 0.328 e. The lowest BCUT2D eigenvalue weighted by molar-refractivity contribution is 0.330. The Hall–Kier alpha value is 0.314. The van der Waals surface area contributed by atoms with E-state index in [9.17, 15) is 0 Å². The van der Waals surface area contributed by atoms with Crippen molar-refractivity contribution in [2.45, 2.75) is 33.5 Å². The van der Waals surface area contributed by atoms with Gasteiger partial charge in [-0.2, -0.15) is 0 Å². The van der Waals surface area contributed by atoms with Crippen LogP contribution < -0.4 is 9.63 Å². The van der Waals surface area contributed by atoms with Crippen molar-refractivity contribution in [3.63, 3.8) is 0 Å². The van der Waals surface area contributed by atoms with Crippen molar-refractivity contribution in [1.82, 2.24) is 9.63 Å². The van der Waals surface area contributed by atoms with E-state index in [2.05, 4.69) is 36.2 Å². The summed E-state index contributed by atoms with van der Waals surface area (Å²) in [5, 5.41) is 0. The van der Waals surface area contributed by atoms with Crippen LogP contribution in [0, 0.1) is 0 Å². The fourth-order valence-corrected chi connectivity index (χ4v) is 5.61.